The molecule has 0 radical (unpaired) electrons. The molecular weight excluding hydrogens is 222 g/mol. The lowest BCUT2D eigenvalue weighted by Crippen LogP contribution is -2.43. The van der Waals surface area contributed by atoms with E-state index >= 15 is 0 Å². The van der Waals surface area contributed by atoms with E-state index < -0.39 is 0 Å². The Hall–Kier alpha value is -0.370. The van der Waals surface area contributed by atoms with Crippen molar-refractivity contribution in [3.63, 3.8) is 0 Å². The smallest absolute Gasteiger partial charge is 0.137 e. The van der Waals surface area contributed by atoms with Crippen molar-refractivity contribution in [1.29, 1.82) is 0 Å². The van der Waals surface area contributed by atoms with Gasteiger partial charge in [0.05, 0.1) is 0 Å². The van der Waals surface area contributed by atoms with Crippen molar-refractivity contribution in [3.8, 4) is 0 Å². The summed E-state index contributed by atoms with van der Waals surface area (Å²) in [5, 5.41) is 0. The third kappa shape index (κ3) is 3.14. The van der Waals surface area contributed by atoms with Crippen LogP contribution in [0.25, 0.3) is 0 Å². The van der Waals surface area contributed by atoms with E-state index in [1.54, 1.807) is 0 Å². The number of Topliss-reactive ketones (excluding diaryl/α,β-unsaturated/α-hetero) is 1. The van der Waals surface area contributed by atoms with Gasteiger partial charge >= 0.3 is 0 Å². The molecule has 1 heterocycles. The first-order chi connectivity index (χ1) is 8.69. The summed E-state index contributed by atoms with van der Waals surface area (Å²) >= 11 is 0. The standard InChI is InChI=1S/C16H29NO/c1-3-16(4-2)9-11-17(12-10-16)13-14-7-5-6-8-15(14)18/h14H,3-13H2,1-2H3. The van der Waals surface area contributed by atoms with Gasteiger partial charge in [-0.25, -0.2) is 0 Å². The zero-order valence-electron chi connectivity index (χ0n) is 12.2. The van der Waals surface area contributed by atoms with Crippen molar-refractivity contribution in [2.24, 2.45) is 11.3 Å². The number of piperidine rings is 1. The predicted octanol–water partition coefficient (Wildman–Crippen LogP) is 3.65. The number of hydrogen-bond donors (Lipinski definition) is 0. The minimum Gasteiger partial charge on any atom is -0.303 e. The van der Waals surface area contributed by atoms with E-state index in [1.807, 2.05) is 0 Å². The van der Waals surface area contributed by atoms with Gasteiger partial charge in [0.25, 0.3) is 0 Å². The molecule has 0 spiro atoms. The van der Waals surface area contributed by atoms with Gasteiger partial charge in [0.15, 0.2) is 0 Å². The highest BCUT2D eigenvalue weighted by Gasteiger charge is 2.33. The van der Waals surface area contributed by atoms with Crippen LogP contribution in [0.3, 0.4) is 0 Å². The number of nitrogens with zero attached hydrogens (tertiary/aromatic N) is 1. The predicted molar refractivity (Wildman–Crippen MR) is 75.7 cm³/mol. The molecule has 1 aliphatic heterocycles. The van der Waals surface area contributed by atoms with Gasteiger partial charge in [-0.2, -0.15) is 0 Å². The highest BCUT2D eigenvalue weighted by molar-refractivity contribution is 5.81. The quantitative estimate of drug-likeness (QED) is 0.760. The molecule has 2 fully saturated rings. The molecule has 1 unspecified atom stereocenters. The van der Waals surface area contributed by atoms with Crippen LogP contribution in [0.5, 0.6) is 0 Å². The molecule has 0 aromatic carbocycles. The lowest BCUT2D eigenvalue weighted by Gasteiger charge is -2.42. The first kappa shape index (κ1) is 14.0. The van der Waals surface area contributed by atoms with Gasteiger partial charge in [0, 0.05) is 18.9 Å². The van der Waals surface area contributed by atoms with Crippen LogP contribution < -0.4 is 0 Å². The highest BCUT2D eigenvalue weighted by atomic mass is 16.1. The molecule has 2 rings (SSSR count). The Bertz CT molecular complexity index is 273. The number of ketones is 1. The van der Waals surface area contributed by atoms with Crippen molar-refractivity contribution in [1.82, 2.24) is 4.90 Å². The van der Waals surface area contributed by atoms with Crippen LogP contribution in [0.4, 0.5) is 0 Å². The topological polar surface area (TPSA) is 20.3 Å². The van der Waals surface area contributed by atoms with Crippen LogP contribution in [0, 0.1) is 11.3 Å². The first-order valence-corrected chi connectivity index (χ1v) is 7.94. The summed E-state index contributed by atoms with van der Waals surface area (Å²) in [5.74, 6) is 0.888. The molecule has 1 aliphatic carbocycles. The summed E-state index contributed by atoms with van der Waals surface area (Å²) in [6, 6.07) is 0. The average Bonchev–Trinajstić information content (AvgIpc) is 2.43. The molecule has 0 aromatic rings. The zero-order chi connectivity index (χ0) is 13.0. The van der Waals surface area contributed by atoms with Gasteiger partial charge in [0.1, 0.15) is 5.78 Å². The molecule has 0 N–H and O–H groups in total. The Labute approximate surface area is 112 Å². The number of likely N-dealkylation sites (tertiary alicyclic amines) is 1. The second-order valence-electron chi connectivity index (χ2n) is 6.42. The second kappa shape index (κ2) is 6.18. The fraction of sp³-hybridized carbons (Fsp3) is 0.938. The van der Waals surface area contributed by atoms with Crippen LogP contribution in [-0.4, -0.2) is 30.3 Å². The highest BCUT2D eigenvalue weighted by Crippen LogP contribution is 2.38. The minimum absolute atomic E-state index is 0.356. The molecule has 0 amide bonds. The van der Waals surface area contributed by atoms with E-state index in [0.29, 0.717) is 17.1 Å². The number of carbonyl (C=O) groups is 1. The van der Waals surface area contributed by atoms with Crippen molar-refractivity contribution in [2.45, 2.75) is 65.2 Å². The van der Waals surface area contributed by atoms with Crippen molar-refractivity contribution in [3.05, 3.63) is 0 Å². The van der Waals surface area contributed by atoms with Crippen molar-refractivity contribution < 1.29 is 4.79 Å². The minimum atomic E-state index is 0.356. The van der Waals surface area contributed by atoms with Crippen LogP contribution >= 0.6 is 0 Å². The molecule has 2 nitrogen and oxygen atoms in total. The molecule has 2 aliphatic rings. The molecule has 1 atom stereocenters. The largest absolute Gasteiger partial charge is 0.303 e. The van der Waals surface area contributed by atoms with E-state index in [2.05, 4.69) is 18.7 Å². The molecule has 0 aromatic heterocycles. The Morgan fingerprint density at radius 3 is 2.39 bits per heavy atom. The van der Waals surface area contributed by atoms with Gasteiger partial charge < -0.3 is 4.90 Å². The van der Waals surface area contributed by atoms with E-state index in [4.69, 9.17) is 0 Å². The van der Waals surface area contributed by atoms with Crippen LogP contribution in [0.15, 0.2) is 0 Å². The first-order valence-electron chi connectivity index (χ1n) is 7.94. The lowest BCUT2D eigenvalue weighted by molar-refractivity contribution is -0.125. The maximum Gasteiger partial charge on any atom is 0.137 e. The third-order valence-corrected chi connectivity index (χ3v) is 5.58. The summed E-state index contributed by atoms with van der Waals surface area (Å²) in [5.41, 5.74) is 0.604. The van der Waals surface area contributed by atoms with Gasteiger partial charge in [0.2, 0.25) is 0 Å². The number of hydrogen-bond acceptors (Lipinski definition) is 2. The van der Waals surface area contributed by atoms with Crippen molar-refractivity contribution >= 4 is 5.78 Å². The number of carbonyl (C=O) groups excluding carboxylic acids is 1. The molecule has 18 heavy (non-hydrogen) atoms. The molecule has 2 heteroatoms. The lowest BCUT2D eigenvalue weighted by atomic mass is 9.74. The fourth-order valence-corrected chi connectivity index (χ4v) is 3.73. The Kier molecular flexibility index (Phi) is 4.83. The van der Waals surface area contributed by atoms with E-state index in [-0.39, 0.29) is 0 Å². The Morgan fingerprint density at radius 1 is 1.17 bits per heavy atom. The third-order valence-electron chi connectivity index (χ3n) is 5.58. The van der Waals surface area contributed by atoms with E-state index in [1.165, 1.54) is 45.2 Å². The molecule has 1 saturated carbocycles. The summed E-state index contributed by atoms with van der Waals surface area (Å²) in [7, 11) is 0. The average molecular weight is 251 g/mol. The molecule has 0 bridgehead atoms. The van der Waals surface area contributed by atoms with Gasteiger partial charge in [-0.15, -0.1) is 0 Å². The summed E-state index contributed by atoms with van der Waals surface area (Å²) < 4.78 is 0. The van der Waals surface area contributed by atoms with Crippen LogP contribution in [0.1, 0.15) is 65.2 Å². The molecule has 1 saturated heterocycles. The zero-order valence-corrected chi connectivity index (χ0v) is 12.2. The fourth-order valence-electron chi connectivity index (χ4n) is 3.73. The Balaban J connectivity index is 1.81. The SMILES string of the molecule is CCC1(CC)CCN(CC2CCCCC2=O)CC1. The summed E-state index contributed by atoms with van der Waals surface area (Å²) in [6.07, 6.45) is 9.68. The van der Waals surface area contributed by atoms with Gasteiger partial charge in [-0.3, -0.25) is 4.79 Å². The van der Waals surface area contributed by atoms with E-state index in [0.717, 1.165) is 25.8 Å². The van der Waals surface area contributed by atoms with E-state index in [9.17, 15) is 4.79 Å². The maximum atomic E-state index is 11.9. The summed E-state index contributed by atoms with van der Waals surface area (Å²) in [6.45, 7) is 8.15. The van der Waals surface area contributed by atoms with Gasteiger partial charge in [-0.05, 0) is 44.2 Å². The second-order valence-corrected chi connectivity index (χ2v) is 6.42. The maximum absolute atomic E-state index is 11.9. The monoisotopic (exact) mass is 251 g/mol. The van der Waals surface area contributed by atoms with Crippen molar-refractivity contribution in [2.75, 3.05) is 19.6 Å². The molecular formula is C16H29NO. The van der Waals surface area contributed by atoms with Gasteiger partial charge in [-0.1, -0.05) is 33.1 Å². The normalized spacial score (nSPS) is 29.4. The molecule has 104 valence electrons. The number of rotatable bonds is 4. The summed E-state index contributed by atoms with van der Waals surface area (Å²) in [4.78, 5) is 14.4. The van der Waals surface area contributed by atoms with Crippen LogP contribution in [0.2, 0.25) is 0 Å². The van der Waals surface area contributed by atoms with Crippen LogP contribution in [-0.2, 0) is 4.79 Å². The Morgan fingerprint density at radius 2 is 1.83 bits per heavy atom.